The second kappa shape index (κ2) is 5.55. The first-order chi connectivity index (χ1) is 8.72. The molecule has 0 fully saturated rings. The molecule has 0 atom stereocenters. The molecular weight excluding hydrogens is 248 g/mol. The largest absolute Gasteiger partial charge is 0.495 e. The Balaban J connectivity index is 2.03. The predicted molar refractivity (Wildman–Crippen MR) is 72.9 cm³/mol. The van der Waals surface area contributed by atoms with Gasteiger partial charge in [0.05, 0.1) is 7.11 Å². The van der Waals surface area contributed by atoms with Gasteiger partial charge in [0.25, 0.3) is 5.91 Å². The van der Waals surface area contributed by atoms with Crippen LogP contribution in [0.5, 0.6) is 5.75 Å². The molecule has 0 bridgehead atoms. The number of ether oxygens (including phenoxy) is 1. The van der Waals surface area contributed by atoms with Crippen LogP contribution in [0, 0.1) is 0 Å². The summed E-state index contributed by atoms with van der Waals surface area (Å²) in [7, 11) is 1.55. The number of carbonyl (C=O) groups excluding carboxylic acids is 1. The van der Waals surface area contributed by atoms with Crippen LogP contribution in [0.1, 0.15) is 15.2 Å². The van der Waals surface area contributed by atoms with Gasteiger partial charge < -0.3 is 15.8 Å². The average molecular weight is 262 g/mol. The Bertz CT molecular complexity index is 551. The van der Waals surface area contributed by atoms with Crippen LogP contribution in [0.4, 0.5) is 5.69 Å². The minimum Gasteiger partial charge on any atom is -0.495 e. The van der Waals surface area contributed by atoms with E-state index in [1.165, 1.54) is 11.3 Å². The Morgan fingerprint density at radius 2 is 2.17 bits per heavy atom. The second-order valence-corrected chi connectivity index (χ2v) is 4.62. The highest BCUT2D eigenvalue weighted by Gasteiger charge is 2.13. The molecule has 0 aliphatic rings. The lowest BCUT2D eigenvalue weighted by atomic mass is 10.2. The van der Waals surface area contributed by atoms with Crippen molar-refractivity contribution in [1.82, 2.24) is 5.32 Å². The van der Waals surface area contributed by atoms with Crippen molar-refractivity contribution < 1.29 is 9.53 Å². The SMILES string of the molecule is COc1ccsc1C(=O)NCc1ccccc1N. The van der Waals surface area contributed by atoms with Gasteiger partial charge in [-0.15, -0.1) is 11.3 Å². The molecule has 1 aromatic heterocycles. The third kappa shape index (κ3) is 2.62. The standard InChI is InChI=1S/C13H14N2O2S/c1-17-11-6-7-18-12(11)13(16)15-8-9-4-2-3-5-10(9)14/h2-7H,8,14H2,1H3,(H,15,16). The Kier molecular flexibility index (Phi) is 3.84. The van der Waals surface area contributed by atoms with Crippen LogP contribution in [-0.4, -0.2) is 13.0 Å². The van der Waals surface area contributed by atoms with Crippen molar-refractivity contribution in [2.75, 3.05) is 12.8 Å². The van der Waals surface area contributed by atoms with Gasteiger partial charge in [-0.25, -0.2) is 0 Å². The third-order valence-corrected chi connectivity index (χ3v) is 3.44. The van der Waals surface area contributed by atoms with Gasteiger partial charge >= 0.3 is 0 Å². The number of amides is 1. The van der Waals surface area contributed by atoms with E-state index in [9.17, 15) is 4.79 Å². The maximum Gasteiger partial charge on any atom is 0.265 e. The topological polar surface area (TPSA) is 64.3 Å². The molecule has 5 heteroatoms. The quantitative estimate of drug-likeness (QED) is 0.831. The van der Waals surface area contributed by atoms with E-state index < -0.39 is 0 Å². The number of carbonyl (C=O) groups is 1. The zero-order valence-corrected chi connectivity index (χ0v) is 10.8. The zero-order chi connectivity index (χ0) is 13.0. The summed E-state index contributed by atoms with van der Waals surface area (Å²) in [6.45, 7) is 0.409. The maximum absolute atomic E-state index is 11.9. The van der Waals surface area contributed by atoms with Crippen LogP contribution >= 0.6 is 11.3 Å². The Hall–Kier alpha value is -2.01. The molecule has 1 heterocycles. The average Bonchev–Trinajstić information content (AvgIpc) is 2.86. The van der Waals surface area contributed by atoms with Gasteiger partial charge in [0, 0.05) is 12.2 Å². The van der Waals surface area contributed by atoms with Crippen molar-refractivity contribution in [2.24, 2.45) is 0 Å². The minimum absolute atomic E-state index is 0.148. The van der Waals surface area contributed by atoms with Crippen LogP contribution in [0.25, 0.3) is 0 Å². The molecule has 94 valence electrons. The zero-order valence-electron chi connectivity index (χ0n) is 9.97. The van der Waals surface area contributed by atoms with Gasteiger partial charge in [0.1, 0.15) is 10.6 Å². The summed E-state index contributed by atoms with van der Waals surface area (Å²) in [5.74, 6) is 0.448. The van der Waals surface area contributed by atoms with Crippen molar-refractivity contribution in [3.05, 3.63) is 46.2 Å². The lowest BCUT2D eigenvalue weighted by Gasteiger charge is -2.07. The normalized spacial score (nSPS) is 10.1. The van der Waals surface area contributed by atoms with Gasteiger partial charge in [0.2, 0.25) is 0 Å². The molecule has 0 unspecified atom stereocenters. The highest BCUT2D eigenvalue weighted by atomic mass is 32.1. The molecule has 4 nitrogen and oxygen atoms in total. The molecule has 1 aromatic carbocycles. The molecule has 0 saturated carbocycles. The number of hydrogen-bond acceptors (Lipinski definition) is 4. The molecule has 0 saturated heterocycles. The van der Waals surface area contributed by atoms with Gasteiger partial charge in [-0.05, 0) is 23.1 Å². The van der Waals surface area contributed by atoms with Crippen molar-refractivity contribution in [3.63, 3.8) is 0 Å². The molecular formula is C13H14N2O2S. The smallest absolute Gasteiger partial charge is 0.265 e. The molecule has 0 radical (unpaired) electrons. The van der Waals surface area contributed by atoms with Crippen LogP contribution in [0.2, 0.25) is 0 Å². The van der Waals surface area contributed by atoms with E-state index in [0.29, 0.717) is 22.9 Å². The molecule has 0 aliphatic carbocycles. The summed E-state index contributed by atoms with van der Waals surface area (Å²) in [6.07, 6.45) is 0. The third-order valence-electron chi connectivity index (χ3n) is 2.55. The first-order valence-corrected chi connectivity index (χ1v) is 6.33. The Morgan fingerprint density at radius 3 is 2.89 bits per heavy atom. The van der Waals surface area contributed by atoms with E-state index in [2.05, 4.69) is 5.32 Å². The van der Waals surface area contributed by atoms with Crippen molar-refractivity contribution in [2.45, 2.75) is 6.54 Å². The van der Waals surface area contributed by atoms with Crippen LogP contribution in [0.3, 0.4) is 0 Å². The number of nitrogen functional groups attached to an aromatic ring is 1. The first-order valence-electron chi connectivity index (χ1n) is 5.45. The number of hydrogen-bond donors (Lipinski definition) is 2. The van der Waals surface area contributed by atoms with Gasteiger partial charge in [-0.3, -0.25) is 4.79 Å². The van der Waals surface area contributed by atoms with Gasteiger partial charge in [0.15, 0.2) is 0 Å². The lowest BCUT2D eigenvalue weighted by molar-refractivity contribution is 0.0952. The summed E-state index contributed by atoms with van der Waals surface area (Å²) >= 11 is 1.35. The van der Waals surface area contributed by atoms with E-state index in [-0.39, 0.29) is 5.91 Å². The summed E-state index contributed by atoms with van der Waals surface area (Å²) in [5, 5.41) is 4.65. The number of rotatable bonds is 4. The fraction of sp³-hybridized carbons (Fsp3) is 0.154. The molecule has 0 spiro atoms. The number of methoxy groups -OCH3 is 1. The number of thiophene rings is 1. The fourth-order valence-electron chi connectivity index (χ4n) is 1.57. The molecule has 0 aliphatic heterocycles. The van der Waals surface area contributed by atoms with Crippen LogP contribution in [-0.2, 0) is 6.54 Å². The minimum atomic E-state index is -0.148. The number of nitrogens with two attached hydrogens (primary N) is 1. The number of nitrogens with one attached hydrogen (secondary N) is 1. The number of para-hydroxylation sites is 1. The van der Waals surface area contributed by atoms with Crippen molar-refractivity contribution >= 4 is 22.9 Å². The van der Waals surface area contributed by atoms with Crippen LogP contribution < -0.4 is 15.8 Å². The monoisotopic (exact) mass is 262 g/mol. The highest BCUT2D eigenvalue weighted by Crippen LogP contribution is 2.24. The lowest BCUT2D eigenvalue weighted by Crippen LogP contribution is -2.22. The highest BCUT2D eigenvalue weighted by molar-refractivity contribution is 7.12. The van der Waals surface area contributed by atoms with E-state index in [0.717, 1.165) is 5.56 Å². The summed E-state index contributed by atoms with van der Waals surface area (Å²) < 4.78 is 5.11. The fourth-order valence-corrected chi connectivity index (χ4v) is 2.35. The Labute approximate surface area is 109 Å². The number of anilines is 1. The maximum atomic E-state index is 11.9. The van der Waals surface area contributed by atoms with E-state index in [4.69, 9.17) is 10.5 Å². The van der Waals surface area contributed by atoms with Crippen molar-refractivity contribution in [1.29, 1.82) is 0 Å². The molecule has 2 rings (SSSR count). The summed E-state index contributed by atoms with van der Waals surface area (Å²) in [5.41, 5.74) is 7.39. The predicted octanol–water partition coefficient (Wildman–Crippen LogP) is 2.27. The second-order valence-electron chi connectivity index (χ2n) is 3.70. The van der Waals surface area contributed by atoms with Gasteiger partial charge in [-0.1, -0.05) is 18.2 Å². The van der Waals surface area contributed by atoms with E-state index in [1.54, 1.807) is 13.2 Å². The number of benzene rings is 1. The van der Waals surface area contributed by atoms with E-state index in [1.807, 2.05) is 29.6 Å². The molecule has 18 heavy (non-hydrogen) atoms. The van der Waals surface area contributed by atoms with Crippen molar-refractivity contribution in [3.8, 4) is 5.75 Å². The summed E-state index contributed by atoms with van der Waals surface area (Å²) in [6, 6.07) is 9.23. The van der Waals surface area contributed by atoms with Gasteiger partial charge in [-0.2, -0.15) is 0 Å². The summed E-state index contributed by atoms with van der Waals surface area (Å²) in [4.78, 5) is 12.5. The first kappa shape index (κ1) is 12.4. The molecule has 1 amide bonds. The molecule has 3 N–H and O–H groups in total. The Morgan fingerprint density at radius 1 is 1.39 bits per heavy atom. The van der Waals surface area contributed by atoms with E-state index >= 15 is 0 Å². The van der Waals surface area contributed by atoms with Crippen LogP contribution in [0.15, 0.2) is 35.7 Å². The molecule has 2 aromatic rings.